The maximum absolute atomic E-state index is 13.9. The van der Waals surface area contributed by atoms with E-state index in [2.05, 4.69) is 16.7 Å². The second kappa shape index (κ2) is 5.44. The molecule has 0 radical (unpaired) electrons. The van der Waals surface area contributed by atoms with Crippen LogP contribution in [-0.2, 0) is 4.79 Å². The summed E-state index contributed by atoms with van der Waals surface area (Å²) in [5, 5.41) is -0.194. The van der Waals surface area contributed by atoms with Crippen LogP contribution in [0.2, 0.25) is 5.15 Å². The van der Waals surface area contributed by atoms with Crippen LogP contribution in [0.3, 0.4) is 0 Å². The summed E-state index contributed by atoms with van der Waals surface area (Å²) in [5.74, 6) is -4.61. The van der Waals surface area contributed by atoms with Crippen molar-refractivity contribution in [3.05, 3.63) is 23.2 Å². The first-order valence-electron chi connectivity index (χ1n) is 5.98. The number of carbonyl (C=O) groups is 2. The molecular weight excluding hydrogens is 306 g/mol. The second-order valence-corrected chi connectivity index (χ2v) is 5.01. The Morgan fingerprint density at radius 1 is 1.48 bits per heavy atom. The minimum Gasteiger partial charge on any atom is -0.330 e. The molecule has 112 valence electrons. The Bertz CT molecular complexity index is 623. The molecule has 21 heavy (non-hydrogen) atoms. The summed E-state index contributed by atoms with van der Waals surface area (Å²) in [6.07, 6.45) is 2.50. The standard InChI is InChI=1S/C12H12ClF2N4O2/c1-7(20)19-5-8(12(14,15)6-19)18(2)11(21)9-10(13)17-4-3-16-9/h3-4,8H,2,5-6H2,1H3/q+1. The molecule has 1 saturated heterocycles. The number of carbonyl (C=O) groups excluding carboxylic acids is 2. The molecule has 1 aromatic rings. The highest BCUT2D eigenvalue weighted by atomic mass is 35.5. The van der Waals surface area contributed by atoms with E-state index in [9.17, 15) is 18.4 Å². The molecule has 1 atom stereocenters. The van der Waals surface area contributed by atoms with E-state index < -0.39 is 30.3 Å². The predicted octanol–water partition coefficient (Wildman–Crippen LogP) is 0.849. The molecule has 0 aromatic carbocycles. The van der Waals surface area contributed by atoms with E-state index in [4.69, 9.17) is 11.6 Å². The van der Waals surface area contributed by atoms with Gasteiger partial charge >= 0.3 is 11.8 Å². The Hall–Kier alpha value is -1.96. The monoisotopic (exact) mass is 317 g/mol. The van der Waals surface area contributed by atoms with Gasteiger partial charge in [-0.15, -0.1) is 0 Å². The molecule has 0 aliphatic carbocycles. The lowest BCUT2D eigenvalue weighted by atomic mass is 10.2. The quantitative estimate of drug-likeness (QED) is 0.599. The molecule has 1 aliphatic rings. The van der Waals surface area contributed by atoms with Crippen LogP contribution in [0.15, 0.2) is 12.4 Å². The molecule has 0 N–H and O–H groups in total. The molecule has 1 aliphatic heterocycles. The van der Waals surface area contributed by atoms with E-state index in [0.717, 1.165) is 4.90 Å². The molecule has 1 unspecified atom stereocenters. The van der Waals surface area contributed by atoms with Gasteiger partial charge in [0.25, 0.3) is 0 Å². The van der Waals surface area contributed by atoms with Gasteiger partial charge in [0.05, 0.1) is 13.1 Å². The van der Waals surface area contributed by atoms with E-state index in [-0.39, 0.29) is 17.4 Å². The zero-order chi connectivity index (χ0) is 15.8. The van der Waals surface area contributed by atoms with Crippen molar-refractivity contribution in [2.24, 2.45) is 0 Å². The molecule has 1 aromatic heterocycles. The summed E-state index contributed by atoms with van der Waals surface area (Å²) in [6.45, 7) is 3.51. The topological polar surface area (TPSA) is 66.2 Å². The Kier molecular flexibility index (Phi) is 3.99. The fourth-order valence-electron chi connectivity index (χ4n) is 2.08. The Balaban J connectivity index is 2.26. The molecule has 0 spiro atoms. The minimum absolute atomic E-state index is 0.194. The first-order chi connectivity index (χ1) is 9.74. The number of aromatic nitrogens is 2. The molecule has 6 nitrogen and oxygen atoms in total. The van der Waals surface area contributed by atoms with Crippen LogP contribution in [0.1, 0.15) is 17.4 Å². The number of hydrogen-bond acceptors (Lipinski definition) is 4. The highest BCUT2D eigenvalue weighted by Gasteiger charge is 2.57. The van der Waals surface area contributed by atoms with Gasteiger partial charge in [0.1, 0.15) is 6.72 Å². The normalized spacial score (nSPS) is 20.4. The number of rotatable bonds is 2. The Morgan fingerprint density at radius 2 is 2.10 bits per heavy atom. The first kappa shape index (κ1) is 15.4. The summed E-state index contributed by atoms with van der Waals surface area (Å²) >= 11 is 5.72. The summed E-state index contributed by atoms with van der Waals surface area (Å²) < 4.78 is 28.5. The molecule has 2 heterocycles. The molecule has 9 heteroatoms. The summed E-state index contributed by atoms with van der Waals surface area (Å²) in [4.78, 5) is 31.7. The van der Waals surface area contributed by atoms with Crippen molar-refractivity contribution in [3.63, 3.8) is 0 Å². The van der Waals surface area contributed by atoms with E-state index in [1.165, 1.54) is 19.3 Å². The smallest absolute Gasteiger partial charge is 0.330 e. The van der Waals surface area contributed by atoms with E-state index in [0.29, 0.717) is 4.58 Å². The number of amides is 2. The molecule has 0 bridgehead atoms. The van der Waals surface area contributed by atoms with Crippen LogP contribution in [0, 0.1) is 0 Å². The molecule has 2 rings (SSSR count). The Labute approximate surface area is 124 Å². The summed E-state index contributed by atoms with van der Waals surface area (Å²) in [6, 6.07) is -1.54. The van der Waals surface area contributed by atoms with Gasteiger partial charge < -0.3 is 4.90 Å². The third kappa shape index (κ3) is 2.90. The van der Waals surface area contributed by atoms with Crippen molar-refractivity contribution >= 4 is 30.1 Å². The highest BCUT2D eigenvalue weighted by molar-refractivity contribution is 6.31. The van der Waals surface area contributed by atoms with Gasteiger partial charge in [-0.1, -0.05) is 11.6 Å². The minimum atomic E-state index is -3.25. The fourth-order valence-corrected chi connectivity index (χ4v) is 2.26. The Morgan fingerprint density at radius 3 is 2.62 bits per heavy atom. The zero-order valence-electron chi connectivity index (χ0n) is 11.1. The zero-order valence-corrected chi connectivity index (χ0v) is 11.8. The van der Waals surface area contributed by atoms with Crippen molar-refractivity contribution in [1.29, 1.82) is 0 Å². The van der Waals surface area contributed by atoms with E-state index in [1.807, 2.05) is 0 Å². The van der Waals surface area contributed by atoms with Crippen molar-refractivity contribution in [2.75, 3.05) is 13.1 Å². The number of nitrogens with zero attached hydrogens (tertiary/aromatic N) is 4. The number of halogens is 3. The fraction of sp³-hybridized carbons (Fsp3) is 0.417. The maximum atomic E-state index is 13.9. The molecular formula is C12H12ClF2N4O2+. The molecule has 1 fully saturated rings. The number of likely N-dealkylation sites (tertiary alicyclic amines) is 1. The molecule has 2 amide bonds. The average Bonchev–Trinajstić information content (AvgIpc) is 2.73. The lowest BCUT2D eigenvalue weighted by Gasteiger charge is -2.13. The molecule has 0 saturated carbocycles. The van der Waals surface area contributed by atoms with Crippen molar-refractivity contribution in [3.8, 4) is 0 Å². The van der Waals surface area contributed by atoms with Crippen LogP contribution >= 0.6 is 11.6 Å². The van der Waals surface area contributed by atoms with Crippen LogP contribution < -0.4 is 0 Å². The second-order valence-electron chi connectivity index (χ2n) is 4.65. The highest BCUT2D eigenvalue weighted by Crippen LogP contribution is 2.30. The van der Waals surface area contributed by atoms with Crippen molar-refractivity contribution < 1.29 is 22.9 Å². The van der Waals surface area contributed by atoms with Crippen LogP contribution in [-0.4, -0.2) is 63.0 Å². The van der Waals surface area contributed by atoms with E-state index in [1.54, 1.807) is 0 Å². The van der Waals surface area contributed by atoms with Crippen molar-refractivity contribution in [2.45, 2.75) is 18.9 Å². The van der Waals surface area contributed by atoms with Crippen LogP contribution in [0.5, 0.6) is 0 Å². The summed E-state index contributed by atoms with van der Waals surface area (Å²) in [7, 11) is 0. The van der Waals surface area contributed by atoms with E-state index >= 15 is 0 Å². The maximum Gasteiger partial charge on any atom is 0.441 e. The van der Waals surface area contributed by atoms with Crippen LogP contribution in [0.4, 0.5) is 8.78 Å². The SMILES string of the molecule is C=[N+](C(=O)c1nccnc1Cl)C1CN(C(C)=O)CC1(F)F. The largest absolute Gasteiger partial charge is 0.441 e. The lowest BCUT2D eigenvalue weighted by Crippen LogP contribution is -2.44. The lowest BCUT2D eigenvalue weighted by molar-refractivity contribution is -0.487. The average molecular weight is 318 g/mol. The first-order valence-corrected chi connectivity index (χ1v) is 6.35. The number of hydrogen-bond donors (Lipinski definition) is 0. The summed E-state index contributed by atoms with van der Waals surface area (Å²) in [5.41, 5.74) is -0.258. The number of alkyl halides is 2. The van der Waals surface area contributed by atoms with Crippen molar-refractivity contribution in [1.82, 2.24) is 14.9 Å². The van der Waals surface area contributed by atoms with Gasteiger partial charge in [-0.05, 0) is 0 Å². The van der Waals surface area contributed by atoms with Gasteiger partial charge in [-0.3, -0.25) is 4.79 Å². The van der Waals surface area contributed by atoms with Gasteiger partial charge in [0.2, 0.25) is 17.6 Å². The van der Waals surface area contributed by atoms with Gasteiger partial charge in [-0.2, -0.15) is 13.4 Å². The van der Waals surface area contributed by atoms with Gasteiger partial charge in [0, 0.05) is 19.3 Å². The van der Waals surface area contributed by atoms with Gasteiger partial charge in [-0.25, -0.2) is 14.8 Å². The third-order valence-electron chi connectivity index (χ3n) is 3.22. The van der Waals surface area contributed by atoms with Crippen LogP contribution in [0.25, 0.3) is 0 Å². The van der Waals surface area contributed by atoms with Gasteiger partial charge in [0.15, 0.2) is 5.15 Å². The third-order valence-corrected chi connectivity index (χ3v) is 3.50. The predicted molar refractivity (Wildman–Crippen MR) is 69.7 cm³/mol.